The van der Waals surface area contributed by atoms with Crippen LogP contribution in [-0.2, 0) is 17.0 Å². The summed E-state index contributed by atoms with van der Waals surface area (Å²) in [6, 6.07) is 16.0. The Labute approximate surface area is 192 Å². The van der Waals surface area contributed by atoms with Crippen LogP contribution in [0.15, 0.2) is 53.7 Å². The molecular weight excluding hydrogens is 432 g/mol. The highest BCUT2D eigenvalue weighted by Crippen LogP contribution is 2.58. The van der Waals surface area contributed by atoms with E-state index in [0.717, 1.165) is 49.2 Å². The zero-order valence-corrected chi connectivity index (χ0v) is 18.3. The molecule has 2 N–H and O–H groups in total. The van der Waals surface area contributed by atoms with Crippen LogP contribution in [0.5, 0.6) is 0 Å². The highest BCUT2D eigenvalue weighted by molar-refractivity contribution is 6.31. The van der Waals surface area contributed by atoms with Crippen LogP contribution in [0.3, 0.4) is 0 Å². The van der Waals surface area contributed by atoms with Crippen molar-refractivity contribution in [2.75, 3.05) is 6.61 Å². The van der Waals surface area contributed by atoms with E-state index >= 15 is 0 Å². The summed E-state index contributed by atoms with van der Waals surface area (Å²) >= 11 is 0. The third-order valence-electron chi connectivity index (χ3n) is 8.41. The molecule has 3 atom stereocenters. The Morgan fingerprint density at radius 3 is 2.53 bits per heavy atom. The number of aliphatic hydroxyl groups is 1. The van der Waals surface area contributed by atoms with Gasteiger partial charge in [0, 0.05) is 34.5 Å². The van der Waals surface area contributed by atoms with E-state index < -0.39 is 24.1 Å². The Morgan fingerprint density at radius 1 is 1.09 bits per heavy atom. The number of aliphatic hydroxyl groups excluding tert-OH is 1. The zero-order valence-electron chi connectivity index (χ0n) is 18.3. The highest BCUT2D eigenvalue weighted by atomic mass is 16.6. The molecule has 0 spiro atoms. The standard InChI is InChI=1S/C26H20N4O4/c1-25-26(12-31,28-33)10-18(34-25)29-16-8-4-2-6-13(16)20-21-15(11-27-24(21)32)19-14-7-3-5-9-17(14)30(25)23(19)22(20)29/h2-9,18,31H,10-12H2,1H3,(H,27,32)/t18?,25-,26-/m0/s1. The maximum absolute atomic E-state index is 13.2. The lowest BCUT2D eigenvalue weighted by Gasteiger charge is -2.37. The fourth-order valence-electron chi connectivity index (χ4n) is 6.88. The van der Waals surface area contributed by atoms with E-state index in [2.05, 4.69) is 19.6 Å². The first-order chi connectivity index (χ1) is 16.5. The number of carbonyl (C=O) groups is 1. The quantitative estimate of drug-likeness (QED) is 0.391. The first kappa shape index (κ1) is 18.7. The Bertz CT molecular complexity index is 1780. The molecular formula is C26H20N4O4. The van der Waals surface area contributed by atoms with E-state index in [1.165, 1.54) is 0 Å². The number of rotatable bonds is 2. The average molecular weight is 452 g/mol. The molecule has 1 unspecified atom stereocenters. The van der Waals surface area contributed by atoms with Crippen LogP contribution >= 0.6 is 0 Å². The van der Waals surface area contributed by atoms with Gasteiger partial charge in [-0.05, 0) is 24.6 Å². The monoisotopic (exact) mass is 452 g/mol. The van der Waals surface area contributed by atoms with E-state index in [1.807, 2.05) is 55.5 Å². The van der Waals surface area contributed by atoms with Crippen LogP contribution in [0.25, 0.3) is 43.6 Å². The van der Waals surface area contributed by atoms with E-state index in [1.54, 1.807) is 0 Å². The molecule has 3 aliphatic heterocycles. The number of nitrogens with one attached hydrogen (secondary N) is 1. The van der Waals surface area contributed by atoms with Crippen molar-refractivity contribution in [3.8, 4) is 0 Å². The van der Waals surface area contributed by atoms with Gasteiger partial charge in [-0.1, -0.05) is 41.6 Å². The van der Waals surface area contributed by atoms with Crippen molar-refractivity contribution >= 4 is 49.5 Å². The van der Waals surface area contributed by atoms with Gasteiger partial charge in [0.2, 0.25) is 0 Å². The summed E-state index contributed by atoms with van der Waals surface area (Å²) in [4.78, 5) is 25.6. The molecule has 8 rings (SSSR count). The average Bonchev–Trinajstić information content (AvgIpc) is 3.55. The maximum Gasteiger partial charge on any atom is 0.252 e. The predicted molar refractivity (Wildman–Crippen MR) is 128 cm³/mol. The molecule has 34 heavy (non-hydrogen) atoms. The summed E-state index contributed by atoms with van der Waals surface area (Å²) in [5, 5.41) is 20.9. The number of nitroso groups, excluding NO2 is 1. The van der Waals surface area contributed by atoms with E-state index in [4.69, 9.17) is 4.74 Å². The molecule has 1 fully saturated rings. The van der Waals surface area contributed by atoms with Gasteiger partial charge in [-0.3, -0.25) is 4.79 Å². The fourth-order valence-corrected chi connectivity index (χ4v) is 6.88. The summed E-state index contributed by atoms with van der Waals surface area (Å²) in [6.45, 7) is 1.86. The van der Waals surface area contributed by atoms with Crippen molar-refractivity contribution < 1.29 is 14.6 Å². The van der Waals surface area contributed by atoms with Crippen molar-refractivity contribution in [2.24, 2.45) is 5.18 Å². The second-order valence-electron chi connectivity index (χ2n) is 9.76. The van der Waals surface area contributed by atoms with Crippen molar-refractivity contribution in [1.29, 1.82) is 0 Å². The molecule has 2 aromatic heterocycles. The number of ether oxygens (including phenoxy) is 1. The Balaban J connectivity index is 1.77. The Kier molecular flexibility index (Phi) is 3.10. The molecule has 2 bridgehead atoms. The van der Waals surface area contributed by atoms with Crippen molar-refractivity contribution in [1.82, 2.24) is 14.5 Å². The SMILES string of the molecule is C[C@]12OC(C[C@@]1(CO)N=O)n1c3ccccc3c3c4c(c5c6ccccc6n2c5c31)CNC4=O. The van der Waals surface area contributed by atoms with Gasteiger partial charge in [0.25, 0.3) is 5.91 Å². The van der Waals surface area contributed by atoms with E-state index in [-0.39, 0.29) is 12.3 Å². The molecule has 5 heterocycles. The number of hydrogen-bond donors (Lipinski definition) is 2. The largest absolute Gasteiger partial charge is 0.394 e. The summed E-state index contributed by atoms with van der Waals surface area (Å²) in [7, 11) is 0. The van der Waals surface area contributed by atoms with Gasteiger partial charge in [-0.15, -0.1) is 4.91 Å². The van der Waals surface area contributed by atoms with Gasteiger partial charge < -0.3 is 24.3 Å². The van der Waals surface area contributed by atoms with Crippen molar-refractivity contribution in [3.05, 3.63) is 64.6 Å². The van der Waals surface area contributed by atoms with Crippen LogP contribution in [0, 0.1) is 4.91 Å². The minimum atomic E-state index is -1.37. The molecule has 8 heteroatoms. The Morgan fingerprint density at radius 2 is 1.79 bits per heavy atom. The molecule has 3 aromatic carbocycles. The minimum Gasteiger partial charge on any atom is -0.394 e. The van der Waals surface area contributed by atoms with Crippen LogP contribution in [0.2, 0.25) is 0 Å². The van der Waals surface area contributed by atoms with Crippen LogP contribution in [0.1, 0.15) is 35.5 Å². The third kappa shape index (κ3) is 1.73. The number of amides is 1. The number of para-hydroxylation sites is 2. The lowest BCUT2D eigenvalue weighted by atomic mass is 9.86. The molecule has 8 nitrogen and oxygen atoms in total. The first-order valence-electron chi connectivity index (χ1n) is 11.5. The lowest BCUT2D eigenvalue weighted by molar-refractivity contribution is -0.129. The molecule has 1 amide bonds. The van der Waals surface area contributed by atoms with Gasteiger partial charge in [0.05, 0.1) is 34.2 Å². The summed E-state index contributed by atoms with van der Waals surface area (Å²) in [5.41, 5.74) is 2.74. The number of carbonyl (C=O) groups excluding carboxylic acids is 1. The number of nitrogens with zero attached hydrogens (tertiary/aromatic N) is 3. The smallest absolute Gasteiger partial charge is 0.252 e. The van der Waals surface area contributed by atoms with Crippen LogP contribution in [0.4, 0.5) is 0 Å². The van der Waals surface area contributed by atoms with Gasteiger partial charge in [-0.25, -0.2) is 0 Å². The molecule has 0 radical (unpaired) electrons. The van der Waals surface area contributed by atoms with Gasteiger partial charge >= 0.3 is 0 Å². The van der Waals surface area contributed by atoms with Gasteiger partial charge in [-0.2, -0.15) is 0 Å². The molecule has 168 valence electrons. The minimum absolute atomic E-state index is 0.0718. The van der Waals surface area contributed by atoms with Crippen molar-refractivity contribution in [3.63, 3.8) is 0 Å². The fraction of sp³-hybridized carbons (Fsp3) is 0.269. The normalized spacial score (nSPS) is 27.2. The lowest BCUT2D eigenvalue weighted by Crippen LogP contribution is -2.51. The van der Waals surface area contributed by atoms with E-state index in [0.29, 0.717) is 12.1 Å². The van der Waals surface area contributed by atoms with Crippen LogP contribution < -0.4 is 5.32 Å². The van der Waals surface area contributed by atoms with Crippen molar-refractivity contribution in [2.45, 2.75) is 37.4 Å². The zero-order chi connectivity index (χ0) is 23.0. The molecule has 3 aliphatic rings. The number of aromatic nitrogens is 2. The predicted octanol–water partition coefficient (Wildman–Crippen LogP) is 4.25. The molecule has 0 aliphatic carbocycles. The number of fused-ring (bicyclic) bond motifs is 13. The van der Waals surface area contributed by atoms with Gasteiger partial charge in [0.1, 0.15) is 6.23 Å². The summed E-state index contributed by atoms with van der Waals surface area (Å²) in [6.07, 6.45) is -0.296. The second-order valence-corrected chi connectivity index (χ2v) is 9.76. The molecule has 1 saturated heterocycles. The van der Waals surface area contributed by atoms with E-state index in [9.17, 15) is 14.8 Å². The topological polar surface area (TPSA) is 97.8 Å². The first-order valence-corrected chi connectivity index (χ1v) is 11.5. The van der Waals surface area contributed by atoms with Gasteiger partial charge in [0.15, 0.2) is 11.3 Å². The second kappa shape index (κ2) is 5.65. The highest BCUT2D eigenvalue weighted by Gasteiger charge is 2.63. The number of hydrogen-bond acceptors (Lipinski definition) is 5. The number of benzene rings is 3. The molecule has 0 saturated carbocycles. The Hall–Kier alpha value is -3.75. The maximum atomic E-state index is 13.2. The van der Waals surface area contributed by atoms with Crippen LogP contribution in [-0.4, -0.2) is 32.3 Å². The summed E-state index contributed by atoms with van der Waals surface area (Å²) in [5.74, 6) is -0.0718. The summed E-state index contributed by atoms with van der Waals surface area (Å²) < 4.78 is 10.9. The third-order valence-corrected chi connectivity index (χ3v) is 8.41. The molecule has 5 aromatic rings.